The number of hydrogen-bond donors (Lipinski definition) is 0. The van der Waals surface area contributed by atoms with E-state index in [4.69, 9.17) is 4.74 Å². The van der Waals surface area contributed by atoms with Crippen LogP contribution in [0, 0.1) is 5.41 Å². The normalized spacial score (nSPS) is 22.9. The van der Waals surface area contributed by atoms with Crippen LogP contribution in [0.5, 0.6) is 0 Å². The molecular formula is C12H16O5. The second kappa shape index (κ2) is 5.63. The van der Waals surface area contributed by atoms with Gasteiger partial charge in [0.25, 0.3) is 0 Å². The predicted octanol–water partition coefficient (Wildman–Crippen LogP) is 1.55. The average molecular weight is 240 g/mol. The molecule has 0 amide bonds. The lowest BCUT2D eigenvalue weighted by atomic mass is 9.80. The van der Waals surface area contributed by atoms with Gasteiger partial charge in [-0.05, 0) is 20.3 Å². The molecule has 5 nitrogen and oxygen atoms in total. The minimum absolute atomic E-state index is 0.241. The van der Waals surface area contributed by atoms with Gasteiger partial charge in [0, 0.05) is 5.57 Å². The SMILES string of the molecule is CCOC(=O)C1=CC=CC(C)(C(=O)OOC)C1. The third-order valence-corrected chi connectivity index (χ3v) is 2.48. The van der Waals surface area contributed by atoms with E-state index in [1.54, 1.807) is 32.1 Å². The molecule has 0 fully saturated rings. The number of hydrogen-bond acceptors (Lipinski definition) is 5. The molecule has 0 radical (unpaired) electrons. The Morgan fingerprint density at radius 1 is 1.47 bits per heavy atom. The maximum absolute atomic E-state index is 11.7. The van der Waals surface area contributed by atoms with Crippen LogP contribution in [0.15, 0.2) is 23.8 Å². The van der Waals surface area contributed by atoms with E-state index in [0.29, 0.717) is 12.2 Å². The van der Waals surface area contributed by atoms with Crippen LogP contribution in [0.1, 0.15) is 20.3 Å². The van der Waals surface area contributed by atoms with Gasteiger partial charge in [0.15, 0.2) is 0 Å². The van der Waals surface area contributed by atoms with Crippen molar-refractivity contribution in [3.05, 3.63) is 23.8 Å². The summed E-state index contributed by atoms with van der Waals surface area (Å²) in [5.41, 5.74) is -0.447. The molecule has 0 saturated carbocycles. The van der Waals surface area contributed by atoms with Gasteiger partial charge < -0.3 is 4.74 Å². The number of rotatable bonds is 4. The van der Waals surface area contributed by atoms with Crippen molar-refractivity contribution in [2.24, 2.45) is 5.41 Å². The van der Waals surface area contributed by atoms with Gasteiger partial charge in [-0.3, -0.25) is 4.89 Å². The Balaban J connectivity index is 2.77. The first-order valence-corrected chi connectivity index (χ1v) is 5.34. The Kier molecular flexibility index (Phi) is 4.45. The summed E-state index contributed by atoms with van der Waals surface area (Å²) in [6, 6.07) is 0. The first-order valence-electron chi connectivity index (χ1n) is 5.34. The van der Waals surface area contributed by atoms with Gasteiger partial charge in [-0.1, -0.05) is 18.2 Å². The Bertz CT molecular complexity index is 369. The van der Waals surface area contributed by atoms with E-state index in [0.717, 1.165) is 0 Å². The smallest absolute Gasteiger partial charge is 0.352 e. The summed E-state index contributed by atoms with van der Waals surface area (Å²) in [5.74, 6) is -0.945. The molecule has 1 aliphatic carbocycles. The minimum atomic E-state index is -0.896. The summed E-state index contributed by atoms with van der Waals surface area (Å²) >= 11 is 0. The molecule has 1 unspecified atom stereocenters. The number of esters is 1. The number of carbonyl (C=O) groups is 2. The van der Waals surface area contributed by atoms with Crippen LogP contribution >= 0.6 is 0 Å². The largest absolute Gasteiger partial charge is 0.463 e. The van der Waals surface area contributed by atoms with E-state index >= 15 is 0 Å². The van der Waals surface area contributed by atoms with E-state index in [1.807, 2.05) is 0 Å². The zero-order valence-corrected chi connectivity index (χ0v) is 10.2. The van der Waals surface area contributed by atoms with E-state index in [2.05, 4.69) is 9.78 Å². The lowest BCUT2D eigenvalue weighted by Gasteiger charge is -2.25. The Morgan fingerprint density at radius 3 is 2.76 bits per heavy atom. The van der Waals surface area contributed by atoms with Crippen LogP contribution in [0.2, 0.25) is 0 Å². The van der Waals surface area contributed by atoms with Crippen molar-refractivity contribution < 1.29 is 24.1 Å². The third-order valence-electron chi connectivity index (χ3n) is 2.48. The minimum Gasteiger partial charge on any atom is -0.463 e. The van der Waals surface area contributed by atoms with Crippen LogP contribution in [0.4, 0.5) is 0 Å². The van der Waals surface area contributed by atoms with Gasteiger partial charge in [0.2, 0.25) is 0 Å². The zero-order chi connectivity index (χ0) is 12.9. The van der Waals surface area contributed by atoms with E-state index in [1.165, 1.54) is 7.11 Å². The molecule has 0 aromatic heterocycles. The summed E-state index contributed by atoms with van der Waals surface area (Å²) in [4.78, 5) is 32.1. The molecule has 94 valence electrons. The highest BCUT2D eigenvalue weighted by Crippen LogP contribution is 2.33. The van der Waals surface area contributed by atoms with Gasteiger partial charge in [-0.25, -0.2) is 9.59 Å². The number of allylic oxidation sites excluding steroid dienone is 2. The van der Waals surface area contributed by atoms with Crippen molar-refractivity contribution >= 4 is 11.9 Å². The predicted molar refractivity (Wildman–Crippen MR) is 59.7 cm³/mol. The quantitative estimate of drug-likeness (QED) is 0.424. The first-order chi connectivity index (χ1) is 8.03. The highest BCUT2D eigenvalue weighted by atomic mass is 17.2. The van der Waals surface area contributed by atoms with Gasteiger partial charge in [0.1, 0.15) is 0 Å². The van der Waals surface area contributed by atoms with E-state index < -0.39 is 17.4 Å². The van der Waals surface area contributed by atoms with Crippen molar-refractivity contribution in [1.29, 1.82) is 0 Å². The van der Waals surface area contributed by atoms with Gasteiger partial charge >= 0.3 is 11.9 Å². The summed E-state index contributed by atoms with van der Waals surface area (Å²) in [6.45, 7) is 3.71. The Labute approximate surface area is 100.0 Å². The zero-order valence-electron chi connectivity index (χ0n) is 10.2. The highest BCUT2D eigenvalue weighted by Gasteiger charge is 2.37. The molecule has 0 aromatic carbocycles. The molecule has 1 rings (SSSR count). The summed E-state index contributed by atoms with van der Waals surface area (Å²) in [7, 11) is 1.26. The van der Waals surface area contributed by atoms with Gasteiger partial charge in [0.05, 0.1) is 19.1 Å². The maximum Gasteiger partial charge on any atom is 0.352 e. The van der Waals surface area contributed by atoms with Crippen molar-refractivity contribution in [2.45, 2.75) is 20.3 Å². The summed E-state index contributed by atoms with van der Waals surface area (Å²) in [6.07, 6.45) is 5.20. The number of carbonyl (C=O) groups excluding carboxylic acids is 2. The molecule has 17 heavy (non-hydrogen) atoms. The fourth-order valence-electron chi connectivity index (χ4n) is 1.57. The lowest BCUT2D eigenvalue weighted by Crippen LogP contribution is -2.31. The molecule has 0 bridgehead atoms. The Hall–Kier alpha value is -1.62. The van der Waals surface area contributed by atoms with Crippen LogP contribution in [-0.4, -0.2) is 25.7 Å². The molecule has 1 atom stereocenters. The number of ether oxygens (including phenoxy) is 1. The third kappa shape index (κ3) is 3.17. The van der Waals surface area contributed by atoms with E-state index in [9.17, 15) is 9.59 Å². The maximum atomic E-state index is 11.7. The van der Waals surface area contributed by atoms with Crippen LogP contribution in [-0.2, 0) is 24.1 Å². The molecule has 0 spiro atoms. The van der Waals surface area contributed by atoms with Gasteiger partial charge in [-0.15, -0.1) is 0 Å². The fraction of sp³-hybridized carbons (Fsp3) is 0.500. The van der Waals surface area contributed by atoms with Crippen molar-refractivity contribution in [1.82, 2.24) is 0 Å². The molecular weight excluding hydrogens is 224 g/mol. The first kappa shape index (κ1) is 13.4. The molecule has 0 N–H and O–H groups in total. The second-order valence-electron chi connectivity index (χ2n) is 3.90. The lowest BCUT2D eigenvalue weighted by molar-refractivity contribution is -0.262. The molecule has 1 aliphatic rings. The van der Waals surface area contributed by atoms with Crippen molar-refractivity contribution in [3.63, 3.8) is 0 Å². The van der Waals surface area contributed by atoms with E-state index in [-0.39, 0.29) is 6.42 Å². The summed E-state index contributed by atoms with van der Waals surface area (Å²) in [5, 5.41) is 0. The molecule has 5 heteroatoms. The van der Waals surface area contributed by atoms with Crippen LogP contribution in [0.25, 0.3) is 0 Å². The molecule has 0 heterocycles. The van der Waals surface area contributed by atoms with Crippen LogP contribution in [0.3, 0.4) is 0 Å². The fourth-order valence-corrected chi connectivity index (χ4v) is 1.57. The van der Waals surface area contributed by atoms with Gasteiger partial charge in [-0.2, -0.15) is 4.89 Å². The molecule has 0 saturated heterocycles. The highest BCUT2D eigenvalue weighted by molar-refractivity contribution is 5.91. The second-order valence-corrected chi connectivity index (χ2v) is 3.90. The standard InChI is InChI=1S/C12H16O5/c1-4-16-10(13)9-6-5-7-12(2,8-9)11(14)17-15-3/h5-7H,4,8H2,1-3H3. The average Bonchev–Trinajstić information content (AvgIpc) is 2.30. The topological polar surface area (TPSA) is 61.8 Å². The van der Waals surface area contributed by atoms with Crippen molar-refractivity contribution in [3.8, 4) is 0 Å². The summed E-state index contributed by atoms with van der Waals surface area (Å²) < 4.78 is 4.89. The molecule has 0 aromatic rings. The van der Waals surface area contributed by atoms with Crippen LogP contribution < -0.4 is 0 Å². The monoisotopic (exact) mass is 240 g/mol. The molecule has 0 aliphatic heterocycles. The van der Waals surface area contributed by atoms with Crippen molar-refractivity contribution in [2.75, 3.05) is 13.7 Å². The Morgan fingerprint density at radius 2 is 2.18 bits per heavy atom.